The highest BCUT2D eigenvalue weighted by Crippen LogP contribution is 2.42. The van der Waals surface area contributed by atoms with Crippen LogP contribution in [0.25, 0.3) is 0 Å². The number of ether oxygens (including phenoxy) is 3. The van der Waals surface area contributed by atoms with E-state index in [0.29, 0.717) is 27.7 Å². The topological polar surface area (TPSA) is 115 Å². The smallest absolute Gasteiger partial charge is 0.338 e. The molecule has 0 saturated carbocycles. The van der Waals surface area contributed by atoms with Crippen LogP contribution >= 0.6 is 11.3 Å². The van der Waals surface area contributed by atoms with Crippen molar-refractivity contribution < 1.29 is 41.8 Å². The lowest BCUT2D eigenvalue weighted by Gasteiger charge is -2.31. The highest BCUT2D eigenvalue weighted by atomic mass is 32.1. The van der Waals surface area contributed by atoms with Crippen LogP contribution in [0.4, 0.5) is 13.2 Å². The molecule has 4 atom stereocenters. The summed E-state index contributed by atoms with van der Waals surface area (Å²) in [4.78, 5) is 42.6. The van der Waals surface area contributed by atoms with Crippen LogP contribution in [-0.4, -0.2) is 103 Å². The SMILES string of the molecule is C=CCOC(=O)C(C)(CCN1OC[C@@H]2[C@H]1C(F)(F)CN2CC1=C(C(=O)OCC)[C@H](c2cccc(F)c2C)N=C(c2nccs2)N1)OC. The van der Waals surface area contributed by atoms with Gasteiger partial charge in [0.15, 0.2) is 16.4 Å². The molecule has 2 aromatic rings. The van der Waals surface area contributed by atoms with Gasteiger partial charge in [-0.15, -0.1) is 11.3 Å². The van der Waals surface area contributed by atoms with Crippen molar-refractivity contribution in [3.8, 4) is 0 Å². The predicted octanol–water partition coefficient (Wildman–Crippen LogP) is 3.96. The number of hydrogen-bond acceptors (Lipinski definition) is 12. The fourth-order valence-electron chi connectivity index (χ4n) is 6.06. The van der Waals surface area contributed by atoms with Crippen LogP contribution in [0.2, 0.25) is 0 Å². The number of esters is 2. The Balaban J connectivity index is 1.45. The molecule has 5 rings (SSSR count). The monoisotopic (exact) mass is 677 g/mol. The minimum Gasteiger partial charge on any atom is -0.463 e. The van der Waals surface area contributed by atoms with Gasteiger partial charge in [0, 0.05) is 43.9 Å². The Labute approximate surface area is 275 Å². The van der Waals surface area contributed by atoms with E-state index in [9.17, 15) is 14.0 Å². The number of methoxy groups -OCH3 is 1. The second-order valence-electron chi connectivity index (χ2n) is 11.6. The largest absolute Gasteiger partial charge is 0.463 e. The standard InChI is InChI=1S/C32H38F3N5O6S/c1-6-14-45-30(42)31(4,43-5)11-13-40-26-23(17-46-40)39(18-32(26,34)35)16-22-24(29(41)44-7-2)25(20-9-8-10-21(33)19(20)3)38-27(37-22)28-36-12-15-47-28/h6,8-10,12,15,23,25-26H,1,7,11,13-14,16-18H2,2-5H3,(H,37,38)/t23-,25+,26+,31?/m1/s1. The average Bonchev–Trinajstić information content (AvgIpc) is 3.79. The van der Waals surface area contributed by atoms with Gasteiger partial charge in [-0.3, -0.25) is 14.7 Å². The van der Waals surface area contributed by atoms with Crippen LogP contribution in [0.5, 0.6) is 0 Å². The summed E-state index contributed by atoms with van der Waals surface area (Å²) in [5.41, 5.74) is -0.263. The molecule has 1 aromatic carbocycles. The lowest BCUT2D eigenvalue weighted by Crippen LogP contribution is -2.48. The maximum atomic E-state index is 15.8. The van der Waals surface area contributed by atoms with Gasteiger partial charge in [0.1, 0.15) is 24.5 Å². The number of thiazole rings is 1. The van der Waals surface area contributed by atoms with Gasteiger partial charge in [-0.05, 0) is 38.0 Å². The molecule has 4 heterocycles. The summed E-state index contributed by atoms with van der Waals surface area (Å²) in [5, 5.41) is 6.65. The molecule has 0 spiro atoms. The van der Waals surface area contributed by atoms with Crippen LogP contribution in [0.15, 0.2) is 58.7 Å². The molecular weight excluding hydrogens is 639 g/mol. The summed E-state index contributed by atoms with van der Waals surface area (Å²) in [6, 6.07) is 1.44. The number of amidine groups is 1. The first-order valence-electron chi connectivity index (χ1n) is 15.2. The molecular formula is C32H38F3N5O6S. The zero-order valence-corrected chi connectivity index (χ0v) is 27.4. The van der Waals surface area contributed by atoms with E-state index in [1.807, 2.05) is 0 Å². The fraction of sp³-hybridized carbons (Fsp3) is 0.500. The fourth-order valence-corrected chi connectivity index (χ4v) is 6.64. The van der Waals surface area contributed by atoms with Crippen molar-refractivity contribution in [2.45, 2.75) is 56.8 Å². The van der Waals surface area contributed by atoms with Crippen molar-refractivity contribution in [3.05, 3.63) is 75.7 Å². The number of aromatic nitrogens is 1. The number of carbonyl (C=O) groups excluding carboxylic acids is 2. The summed E-state index contributed by atoms with van der Waals surface area (Å²) in [6.45, 7) is 7.54. The molecule has 0 aliphatic carbocycles. The van der Waals surface area contributed by atoms with E-state index in [4.69, 9.17) is 24.0 Å². The number of fused-ring (bicyclic) bond motifs is 1. The molecule has 1 N–H and O–H groups in total. The van der Waals surface area contributed by atoms with E-state index in [1.54, 1.807) is 36.4 Å². The zero-order valence-electron chi connectivity index (χ0n) is 26.6. The Morgan fingerprint density at radius 1 is 1.32 bits per heavy atom. The molecule has 2 saturated heterocycles. The normalized spacial score (nSPS) is 23.9. The summed E-state index contributed by atoms with van der Waals surface area (Å²) in [7, 11) is 1.35. The molecule has 47 heavy (non-hydrogen) atoms. The Hall–Kier alpha value is -3.63. The number of hydroxylamine groups is 2. The minimum atomic E-state index is -3.21. The third-order valence-electron chi connectivity index (χ3n) is 8.65. The number of nitrogens with zero attached hydrogens (tertiary/aromatic N) is 4. The van der Waals surface area contributed by atoms with Crippen molar-refractivity contribution in [2.24, 2.45) is 4.99 Å². The van der Waals surface area contributed by atoms with Gasteiger partial charge < -0.3 is 19.5 Å². The van der Waals surface area contributed by atoms with E-state index in [2.05, 4.69) is 16.9 Å². The molecule has 1 aromatic heterocycles. The Morgan fingerprint density at radius 2 is 2.11 bits per heavy atom. The summed E-state index contributed by atoms with van der Waals surface area (Å²) >= 11 is 1.30. The molecule has 3 aliphatic heterocycles. The van der Waals surface area contributed by atoms with Crippen molar-refractivity contribution in [1.82, 2.24) is 20.3 Å². The molecule has 1 unspecified atom stereocenters. The van der Waals surface area contributed by atoms with Gasteiger partial charge >= 0.3 is 11.9 Å². The quantitative estimate of drug-likeness (QED) is 0.247. The van der Waals surface area contributed by atoms with E-state index < -0.39 is 53.9 Å². The number of benzene rings is 1. The first kappa shape index (κ1) is 34.7. The molecule has 0 bridgehead atoms. The highest BCUT2D eigenvalue weighted by molar-refractivity contribution is 7.11. The van der Waals surface area contributed by atoms with Gasteiger partial charge in [-0.25, -0.2) is 27.7 Å². The Bertz CT molecular complexity index is 1550. The molecule has 0 amide bonds. The lowest BCUT2D eigenvalue weighted by atomic mass is 9.92. The van der Waals surface area contributed by atoms with Crippen molar-refractivity contribution >= 4 is 29.1 Å². The molecule has 254 valence electrons. The third-order valence-corrected chi connectivity index (χ3v) is 9.43. The first-order valence-corrected chi connectivity index (χ1v) is 16.1. The number of alkyl halides is 2. The van der Waals surface area contributed by atoms with Crippen LogP contribution in [0.3, 0.4) is 0 Å². The Morgan fingerprint density at radius 3 is 2.79 bits per heavy atom. The minimum absolute atomic E-state index is 0.0119. The highest BCUT2D eigenvalue weighted by Gasteiger charge is 2.61. The lowest BCUT2D eigenvalue weighted by molar-refractivity contribution is -0.193. The maximum Gasteiger partial charge on any atom is 0.338 e. The van der Waals surface area contributed by atoms with Crippen molar-refractivity contribution in [2.75, 3.05) is 46.6 Å². The number of halogens is 3. The van der Waals surface area contributed by atoms with Crippen molar-refractivity contribution in [1.29, 1.82) is 0 Å². The van der Waals surface area contributed by atoms with Gasteiger partial charge in [0.25, 0.3) is 5.92 Å². The van der Waals surface area contributed by atoms with E-state index >= 15 is 8.78 Å². The van der Waals surface area contributed by atoms with Crippen LogP contribution < -0.4 is 5.32 Å². The second kappa shape index (κ2) is 14.2. The number of aliphatic imine (C=N–C) groups is 1. The third kappa shape index (κ3) is 6.99. The van der Waals surface area contributed by atoms with E-state index in [-0.39, 0.29) is 44.9 Å². The molecule has 11 nitrogen and oxygen atoms in total. The molecule has 0 radical (unpaired) electrons. The van der Waals surface area contributed by atoms with Crippen molar-refractivity contribution in [3.63, 3.8) is 0 Å². The predicted molar refractivity (Wildman–Crippen MR) is 167 cm³/mol. The summed E-state index contributed by atoms with van der Waals surface area (Å²) in [5.74, 6) is -4.69. The first-order chi connectivity index (χ1) is 22.4. The van der Waals surface area contributed by atoms with Gasteiger partial charge in [0.05, 0.1) is 31.4 Å². The number of rotatable bonds is 13. The Kier molecular flexibility index (Phi) is 10.5. The van der Waals surface area contributed by atoms with Gasteiger partial charge in [-0.1, -0.05) is 24.8 Å². The average molecular weight is 678 g/mol. The van der Waals surface area contributed by atoms with E-state index in [1.165, 1.54) is 48.6 Å². The number of hydrogen-bond donors (Lipinski definition) is 1. The number of nitrogens with one attached hydrogen (secondary N) is 1. The zero-order chi connectivity index (χ0) is 33.9. The maximum absolute atomic E-state index is 15.8. The summed E-state index contributed by atoms with van der Waals surface area (Å²) in [6.07, 6.45) is 3.05. The van der Waals surface area contributed by atoms with Gasteiger partial charge in [0.2, 0.25) is 0 Å². The molecule has 3 aliphatic rings. The second-order valence-corrected chi connectivity index (χ2v) is 12.5. The van der Waals surface area contributed by atoms with Crippen LogP contribution in [0, 0.1) is 12.7 Å². The van der Waals surface area contributed by atoms with Crippen LogP contribution in [-0.2, 0) is 28.6 Å². The molecule has 15 heteroatoms. The number of likely N-dealkylation sites (tertiary alicyclic amines) is 1. The molecule has 2 fully saturated rings. The summed E-state index contributed by atoms with van der Waals surface area (Å²) < 4.78 is 62.4. The number of carbonyl (C=O) groups is 2. The van der Waals surface area contributed by atoms with E-state index in [0.717, 1.165) is 0 Å². The van der Waals surface area contributed by atoms with Gasteiger partial charge in [-0.2, -0.15) is 5.06 Å². The van der Waals surface area contributed by atoms with Crippen LogP contribution in [0.1, 0.15) is 42.4 Å².